The number of carbonyl (C=O) groups excluding carboxylic acids is 1. The number of pyridine rings is 1. The molecule has 0 aliphatic heterocycles. The molecule has 1 amide bonds. The first kappa shape index (κ1) is 20.2. The minimum absolute atomic E-state index is 0.209. The largest absolute Gasteiger partial charge is 0.451 e. The van der Waals surface area contributed by atoms with Crippen LogP contribution in [0, 0.1) is 6.92 Å². The molecule has 4 aromatic heterocycles. The Kier molecular flexibility index (Phi) is 5.32. The number of ether oxygens (including phenoxy) is 1. The van der Waals surface area contributed by atoms with Crippen LogP contribution < -0.4 is 5.32 Å². The van der Waals surface area contributed by atoms with Gasteiger partial charge in [0, 0.05) is 25.2 Å². The lowest BCUT2D eigenvalue weighted by Gasteiger charge is -2.34. The van der Waals surface area contributed by atoms with Gasteiger partial charge in [-0.15, -0.1) is 0 Å². The van der Waals surface area contributed by atoms with Crippen molar-refractivity contribution in [2.45, 2.75) is 38.8 Å². The van der Waals surface area contributed by atoms with E-state index in [2.05, 4.69) is 20.5 Å². The van der Waals surface area contributed by atoms with Crippen LogP contribution in [0.5, 0.6) is 0 Å². The van der Waals surface area contributed by atoms with Gasteiger partial charge in [0.2, 0.25) is 0 Å². The highest BCUT2D eigenvalue weighted by Crippen LogP contribution is 2.37. The van der Waals surface area contributed by atoms with Crippen molar-refractivity contribution in [3.63, 3.8) is 0 Å². The number of hydrogen-bond donors (Lipinski definition) is 2. The molecule has 9 heteroatoms. The highest BCUT2D eigenvalue weighted by atomic mass is 16.5. The van der Waals surface area contributed by atoms with Gasteiger partial charge in [0.05, 0.1) is 34.8 Å². The molecule has 1 aliphatic rings. The van der Waals surface area contributed by atoms with Gasteiger partial charge in [-0.05, 0) is 51.0 Å². The van der Waals surface area contributed by atoms with Gasteiger partial charge in [0.15, 0.2) is 5.76 Å². The maximum absolute atomic E-state index is 13.0. The fourth-order valence-electron chi connectivity index (χ4n) is 3.88. The van der Waals surface area contributed by atoms with Crippen LogP contribution in [0.4, 0.5) is 5.69 Å². The van der Waals surface area contributed by atoms with Gasteiger partial charge in [-0.3, -0.25) is 19.6 Å². The molecule has 9 nitrogen and oxygen atoms in total. The summed E-state index contributed by atoms with van der Waals surface area (Å²) in [7, 11) is 0. The number of furan rings is 1. The van der Waals surface area contributed by atoms with E-state index < -0.39 is 0 Å². The second kappa shape index (κ2) is 8.43. The van der Waals surface area contributed by atoms with Crippen LogP contribution in [0.3, 0.4) is 0 Å². The molecule has 32 heavy (non-hydrogen) atoms. The third-order valence-electron chi connectivity index (χ3n) is 5.66. The molecule has 0 radical (unpaired) electrons. The van der Waals surface area contributed by atoms with Crippen molar-refractivity contribution < 1.29 is 13.9 Å². The monoisotopic (exact) mass is 432 g/mol. The lowest BCUT2D eigenvalue weighted by molar-refractivity contribution is -0.0226. The van der Waals surface area contributed by atoms with E-state index in [0.717, 1.165) is 24.1 Å². The molecule has 0 bridgehead atoms. The summed E-state index contributed by atoms with van der Waals surface area (Å²) in [5.41, 5.74) is 3.52. The number of amides is 1. The Balaban J connectivity index is 1.39. The summed E-state index contributed by atoms with van der Waals surface area (Å²) < 4.78 is 13.4. The topological polar surface area (TPSA) is 111 Å². The van der Waals surface area contributed by atoms with Crippen LogP contribution in [0.25, 0.3) is 22.7 Å². The van der Waals surface area contributed by atoms with Gasteiger partial charge in [0.25, 0.3) is 5.91 Å². The second-order valence-corrected chi connectivity index (χ2v) is 7.79. The molecule has 5 rings (SSSR count). The zero-order valence-electron chi connectivity index (χ0n) is 17.9. The number of aryl methyl sites for hydroxylation is 1. The Hall–Kier alpha value is -3.72. The smallest absolute Gasteiger partial charge is 0.291 e. The van der Waals surface area contributed by atoms with Crippen molar-refractivity contribution in [2.75, 3.05) is 11.9 Å². The first-order valence-electron chi connectivity index (χ1n) is 10.7. The Morgan fingerprint density at radius 2 is 2.19 bits per heavy atom. The molecule has 1 saturated carbocycles. The average Bonchev–Trinajstić information content (AvgIpc) is 3.50. The first-order valence-corrected chi connectivity index (χ1v) is 10.7. The Morgan fingerprint density at radius 1 is 1.31 bits per heavy atom. The standard InChI is InChI=1S/C23H24N6O3/c1-3-31-16-10-15(11-16)29-13-19(22(28-29)18-6-4-5-9-24-18)26-23(30)21-8-7-20(32-21)17-12-25-27-14(17)2/h4-9,12-13,15-16H,3,10-11H2,1-2H3,(H,25,27)(H,26,30)/t15-,16+. The van der Waals surface area contributed by atoms with E-state index in [9.17, 15) is 4.79 Å². The van der Waals surface area contributed by atoms with Crippen LogP contribution in [-0.4, -0.2) is 43.6 Å². The van der Waals surface area contributed by atoms with Gasteiger partial charge in [-0.1, -0.05) is 6.07 Å². The normalized spacial score (nSPS) is 17.8. The van der Waals surface area contributed by atoms with Crippen LogP contribution in [0.2, 0.25) is 0 Å². The van der Waals surface area contributed by atoms with E-state index in [1.807, 2.05) is 42.9 Å². The molecule has 4 heterocycles. The van der Waals surface area contributed by atoms with E-state index in [4.69, 9.17) is 14.3 Å². The minimum atomic E-state index is -0.352. The van der Waals surface area contributed by atoms with E-state index >= 15 is 0 Å². The predicted octanol–water partition coefficient (Wildman–Crippen LogP) is 4.23. The van der Waals surface area contributed by atoms with E-state index in [1.54, 1.807) is 24.5 Å². The van der Waals surface area contributed by atoms with Crippen LogP contribution in [0.15, 0.2) is 53.3 Å². The summed E-state index contributed by atoms with van der Waals surface area (Å²) in [5.74, 6) is 0.439. The molecule has 0 spiro atoms. The fourth-order valence-corrected chi connectivity index (χ4v) is 3.88. The van der Waals surface area contributed by atoms with Crippen LogP contribution in [-0.2, 0) is 4.74 Å². The van der Waals surface area contributed by atoms with E-state index in [1.165, 1.54) is 0 Å². The number of aromatic nitrogens is 5. The van der Waals surface area contributed by atoms with E-state index in [0.29, 0.717) is 29.4 Å². The van der Waals surface area contributed by atoms with Gasteiger partial charge < -0.3 is 14.5 Å². The number of rotatable bonds is 7. The first-order chi connectivity index (χ1) is 15.6. The fraction of sp³-hybridized carbons (Fsp3) is 0.304. The Labute approximate surface area is 184 Å². The maximum atomic E-state index is 13.0. The summed E-state index contributed by atoms with van der Waals surface area (Å²) >= 11 is 0. The van der Waals surface area contributed by atoms with Crippen molar-refractivity contribution in [1.29, 1.82) is 0 Å². The van der Waals surface area contributed by atoms with Crippen molar-refractivity contribution in [3.8, 4) is 22.7 Å². The lowest BCUT2D eigenvalue weighted by atomic mass is 9.89. The molecular formula is C23H24N6O3. The van der Waals surface area contributed by atoms with E-state index in [-0.39, 0.29) is 23.8 Å². The molecule has 1 fully saturated rings. The zero-order chi connectivity index (χ0) is 22.1. The number of nitrogens with one attached hydrogen (secondary N) is 2. The second-order valence-electron chi connectivity index (χ2n) is 7.79. The maximum Gasteiger partial charge on any atom is 0.291 e. The highest BCUT2D eigenvalue weighted by Gasteiger charge is 2.32. The van der Waals surface area contributed by atoms with Crippen molar-refractivity contribution >= 4 is 11.6 Å². The summed E-state index contributed by atoms with van der Waals surface area (Å²) in [6, 6.07) is 9.27. The number of hydrogen-bond acceptors (Lipinski definition) is 6. The van der Waals surface area contributed by atoms with Crippen LogP contribution in [0.1, 0.15) is 42.1 Å². The molecule has 0 aromatic carbocycles. The average molecular weight is 432 g/mol. The molecule has 0 unspecified atom stereocenters. The summed E-state index contributed by atoms with van der Waals surface area (Å²) in [5, 5.41) is 14.6. The third-order valence-corrected chi connectivity index (χ3v) is 5.66. The minimum Gasteiger partial charge on any atom is -0.451 e. The highest BCUT2D eigenvalue weighted by molar-refractivity contribution is 6.04. The summed E-state index contributed by atoms with van der Waals surface area (Å²) in [4.78, 5) is 17.4. The third kappa shape index (κ3) is 3.82. The SMILES string of the molecule is CCO[C@H]1C[C@@H](n2cc(NC(=O)c3ccc(-c4c[nH]nc4C)o3)c(-c3ccccn3)n2)C1. The predicted molar refractivity (Wildman–Crippen MR) is 118 cm³/mol. The quantitative estimate of drug-likeness (QED) is 0.452. The number of carbonyl (C=O) groups is 1. The summed E-state index contributed by atoms with van der Waals surface area (Å²) in [6.45, 7) is 4.58. The van der Waals surface area contributed by atoms with Crippen molar-refractivity contribution in [3.05, 3.63) is 60.4 Å². The lowest BCUT2D eigenvalue weighted by Crippen LogP contribution is -2.33. The van der Waals surface area contributed by atoms with Gasteiger partial charge in [0.1, 0.15) is 11.5 Å². The molecular weight excluding hydrogens is 408 g/mol. The number of anilines is 1. The molecule has 0 saturated heterocycles. The number of H-pyrrole nitrogens is 1. The van der Waals surface area contributed by atoms with Gasteiger partial charge in [-0.2, -0.15) is 10.2 Å². The summed E-state index contributed by atoms with van der Waals surface area (Å²) in [6.07, 6.45) is 7.37. The van der Waals surface area contributed by atoms with Crippen LogP contribution >= 0.6 is 0 Å². The molecule has 1 aliphatic carbocycles. The van der Waals surface area contributed by atoms with Gasteiger partial charge in [-0.25, -0.2) is 0 Å². The molecule has 164 valence electrons. The Morgan fingerprint density at radius 3 is 2.91 bits per heavy atom. The van der Waals surface area contributed by atoms with Crippen molar-refractivity contribution in [2.24, 2.45) is 0 Å². The van der Waals surface area contributed by atoms with Gasteiger partial charge >= 0.3 is 0 Å². The molecule has 4 aromatic rings. The molecule has 0 atom stereocenters. The molecule has 2 N–H and O–H groups in total. The number of aromatic amines is 1. The zero-order valence-corrected chi connectivity index (χ0v) is 17.9. The number of nitrogens with zero attached hydrogens (tertiary/aromatic N) is 4. The van der Waals surface area contributed by atoms with Crippen molar-refractivity contribution in [1.82, 2.24) is 25.0 Å². The Bertz CT molecular complexity index is 1220.